The average molecular weight is 897 g/mol. The quantitative estimate of drug-likeness (QED) is 0.0941. The Balaban J connectivity index is 0.000000192. The molecule has 5 heterocycles. The molecule has 4 fully saturated rings. The summed E-state index contributed by atoms with van der Waals surface area (Å²) in [5.74, 6) is -0.691. The van der Waals surface area contributed by atoms with Gasteiger partial charge in [-0.2, -0.15) is 20.4 Å². The number of aromatic nitrogens is 1. The Bertz CT molecular complexity index is 2650. The van der Waals surface area contributed by atoms with Gasteiger partial charge < -0.3 is 50.5 Å². The van der Waals surface area contributed by atoms with Gasteiger partial charge in [-0.25, -0.2) is 4.79 Å². The summed E-state index contributed by atoms with van der Waals surface area (Å²) in [6, 6.07) is 32.3. The van der Waals surface area contributed by atoms with Crippen molar-refractivity contribution < 1.29 is 38.8 Å². The molecule has 0 aliphatic carbocycles. The number of ether oxygens (including phenoxy) is 2. The van der Waals surface area contributed by atoms with Gasteiger partial charge in [0.2, 0.25) is 11.8 Å². The molecule has 66 heavy (non-hydrogen) atoms. The van der Waals surface area contributed by atoms with Crippen LogP contribution in [0.2, 0.25) is 0 Å². The predicted octanol–water partition coefficient (Wildman–Crippen LogP) is 2.91. The minimum Gasteiger partial charge on any atom is -0.408 e. The van der Waals surface area contributed by atoms with E-state index < -0.39 is 23.9 Å². The molecule has 4 saturated heterocycles. The summed E-state index contributed by atoms with van der Waals surface area (Å²) in [4.78, 5) is 37.0. The van der Waals surface area contributed by atoms with Crippen molar-refractivity contribution in [3.63, 3.8) is 0 Å². The summed E-state index contributed by atoms with van der Waals surface area (Å²) in [5, 5.41) is 68.7. The zero-order valence-corrected chi connectivity index (χ0v) is 36.5. The molecule has 17 nitrogen and oxygen atoms in total. The summed E-state index contributed by atoms with van der Waals surface area (Å²) < 4.78 is 16.1. The lowest BCUT2D eigenvalue weighted by molar-refractivity contribution is -0.375. The van der Waals surface area contributed by atoms with Crippen LogP contribution in [0.1, 0.15) is 43.4 Å². The standard InChI is InChI=1S/C24H24N4O7.C23H22N4O2.C2H6/c25-10-17(26-22(29)18-8-16-11-34-12-19(16)27-18)7-13-1-3-14(4-2-13)15-5-6-21-20(9-15)28(23(30)35-21)24(31,32)33;24-11-16-3-7-18(8-4-16)17-5-1-15(2-6-17)9-20(12-25)26-23(28)21-10-19-13-29-14-22(19)27-21;1-2/h1-6,9,16-19,27,31-33H,7-8,11-12H2,(H,26,29);1-8,19-22,27H,9-10,13-14H2,(H,26,28);1-2H3. The van der Waals surface area contributed by atoms with E-state index >= 15 is 0 Å². The average Bonchev–Trinajstić information content (AvgIpc) is 4.17. The number of aliphatic hydroxyl groups is 3. The van der Waals surface area contributed by atoms with Crippen molar-refractivity contribution >= 4 is 22.9 Å². The second-order valence-corrected chi connectivity index (χ2v) is 16.6. The van der Waals surface area contributed by atoms with Gasteiger partial charge in [0.25, 0.3) is 0 Å². The van der Waals surface area contributed by atoms with Crippen LogP contribution in [0, 0.1) is 45.8 Å². The van der Waals surface area contributed by atoms with Gasteiger partial charge in [0.1, 0.15) is 12.1 Å². The van der Waals surface area contributed by atoms with Crippen LogP contribution in [0.15, 0.2) is 100 Å². The molecule has 4 aromatic carbocycles. The van der Waals surface area contributed by atoms with Crippen LogP contribution < -0.4 is 27.0 Å². The van der Waals surface area contributed by atoms with Crippen molar-refractivity contribution in [1.29, 1.82) is 15.8 Å². The topological polar surface area (TPSA) is 268 Å². The Hall–Kier alpha value is -6.72. The van der Waals surface area contributed by atoms with Gasteiger partial charge >= 0.3 is 11.9 Å². The molecule has 0 spiro atoms. The van der Waals surface area contributed by atoms with Crippen LogP contribution in [0.4, 0.5) is 0 Å². The molecule has 4 aliphatic rings. The summed E-state index contributed by atoms with van der Waals surface area (Å²) in [7, 11) is 0. The number of nitriles is 3. The van der Waals surface area contributed by atoms with Crippen LogP contribution in [0.25, 0.3) is 33.4 Å². The molecular weight excluding hydrogens is 845 g/mol. The predicted molar refractivity (Wildman–Crippen MR) is 240 cm³/mol. The molecule has 1 aromatic heterocycles. The van der Waals surface area contributed by atoms with Gasteiger partial charge in [-0.1, -0.05) is 80.6 Å². The maximum absolute atomic E-state index is 12.6. The van der Waals surface area contributed by atoms with Crippen LogP contribution in [0.5, 0.6) is 0 Å². The van der Waals surface area contributed by atoms with Crippen LogP contribution in [-0.2, 0) is 38.0 Å². The molecule has 0 bridgehead atoms. The molecule has 4 aliphatic heterocycles. The Kier molecular flexibility index (Phi) is 15.1. The second-order valence-electron chi connectivity index (χ2n) is 16.6. The van der Waals surface area contributed by atoms with E-state index in [1.807, 2.05) is 62.4 Å². The highest BCUT2D eigenvalue weighted by Gasteiger charge is 2.42. The van der Waals surface area contributed by atoms with Gasteiger partial charge in [-0.15, -0.1) is 0 Å². The molecule has 0 radical (unpaired) electrons. The largest absolute Gasteiger partial charge is 0.426 e. The monoisotopic (exact) mass is 896 g/mol. The zero-order valence-electron chi connectivity index (χ0n) is 36.5. The summed E-state index contributed by atoms with van der Waals surface area (Å²) in [6.45, 7) is 6.62. The molecule has 2 amide bonds. The fourth-order valence-corrected chi connectivity index (χ4v) is 8.81. The fraction of sp³-hybridized carbons (Fsp3) is 0.388. The summed E-state index contributed by atoms with van der Waals surface area (Å²) >= 11 is 0. The van der Waals surface area contributed by atoms with E-state index in [9.17, 15) is 40.2 Å². The Morgan fingerprint density at radius 3 is 1.56 bits per heavy atom. The molecule has 342 valence electrons. The number of nitrogens with zero attached hydrogens (tertiary/aromatic N) is 4. The first kappa shape index (κ1) is 47.2. The number of carbonyl (C=O) groups is 2. The minimum absolute atomic E-state index is 0.00700. The van der Waals surface area contributed by atoms with Gasteiger partial charge in [0.05, 0.1) is 67.8 Å². The molecule has 0 saturated carbocycles. The first-order valence-corrected chi connectivity index (χ1v) is 22.0. The molecule has 17 heteroatoms. The number of fused-ring (bicyclic) bond motifs is 3. The van der Waals surface area contributed by atoms with E-state index in [0.29, 0.717) is 73.2 Å². The smallest absolute Gasteiger partial charge is 0.408 e. The number of oxazole rings is 1. The zero-order chi connectivity index (χ0) is 47.0. The highest BCUT2D eigenvalue weighted by atomic mass is 16.7. The number of rotatable bonds is 11. The molecule has 5 aromatic rings. The van der Waals surface area contributed by atoms with E-state index in [2.05, 4.69) is 39.5 Å². The molecule has 7 N–H and O–H groups in total. The fourth-order valence-electron chi connectivity index (χ4n) is 8.81. The summed E-state index contributed by atoms with van der Waals surface area (Å²) in [6.07, 6.45) is -1.16. The lowest BCUT2D eigenvalue weighted by Gasteiger charge is -2.17. The van der Waals surface area contributed by atoms with Crippen molar-refractivity contribution in [3.8, 4) is 40.5 Å². The van der Waals surface area contributed by atoms with Crippen LogP contribution in [-0.4, -0.2) is 94.4 Å². The normalized spacial score (nSPS) is 22.5. The number of benzene rings is 4. The van der Waals surface area contributed by atoms with Gasteiger partial charge in [-0.3, -0.25) is 9.59 Å². The van der Waals surface area contributed by atoms with Crippen molar-refractivity contribution in [2.24, 2.45) is 11.8 Å². The number of hydrogen-bond donors (Lipinski definition) is 7. The first-order chi connectivity index (χ1) is 31.9. The third-order valence-electron chi connectivity index (χ3n) is 12.2. The van der Waals surface area contributed by atoms with Crippen molar-refractivity contribution in [3.05, 3.63) is 118 Å². The van der Waals surface area contributed by atoms with Crippen molar-refractivity contribution in [1.82, 2.24) is 25.8 Å². The van der Waals surface area contributed by atoms with E-state index in [4.69, 9.17) is 19.2 Å². The summed E-state index contributed by atoms with van der Waals surface area (Å²) in [5.41, 5.74) is 6.00. The van der Waals surface area contributed by atoms with Gasteiger partial charge in [0, 0.05) is 36.8 Å². The molecule has 9 rings (SSSR count). The third-order valence-corrected chi connectivity index (χ3v) is 12.2. The Labute approximate surface area is 381 Å². The highest BCUT2D eigenvalue weighted by Crippen LogP contribution is 2.29. The van der Waals surface area contributed by atoms with E-state index in [0.717, 1.165) is 34.2 Å². The van der Waals surface area contributed by atoms with E-state index in [-0.39, 0.29) is 47.1 Å². The molecule has 8 unspecified atom stereocenters. The Morgan fingerprint density at radius 1 is 0.697 bits per heavy atom. The lowest BCUT2D eigenvalue weighted by atomic mass is 10.00. The SMILES string of the molecule is CC.N#CC(Cc1ccc(-c2ccc3oc(=O)n(C(O)(O)O)c3c2)cc1)NC(=O)C1CC2COCC2N1.N#Cc1ccc(-c2ccc(CC(C#N)NC(=O)C3CC4COCC4N3)cc2)cc1. The Morgan fingerprint density at radius 2 is 1.14 bits per heavy atom. The lowest BCUT2D eigenvalue weighted by Crippen LogP contribution is -2.47. The van der Waals surface area contributed by atoms with Crippen LogP contribution in [0.3, 0.4) is 0 Å². The third kappa shape index (κ3) is 11.0. The van der Waals surface area contributed by atoms with E-state index in [1.165, 1.54) is 12.1 Å². The highest BCUT2D eigenvalue weighted by molar-refractivity contribution is 5.84. The molecular formula is C49H52N8O9. The second kappa shape index (κ2) is 21.1. The number of hydrogen-bond acceptors (Lipinski definition) is 14. The maximum atomic E-state index is 12.6. The minimum atomic E-state index is -3.40. The molecule has 8 atom stereocenters. The van der Waals surface area contributed by atoms with Crippen molar-refractivity contribution in [2.75, 3.05) is 26.4 Å². The van der Waals surface area contributed by atoms with Crippen molar-refractivity contribution in [2.45, 2.75) is 81.9 Å². The number of carbonyl (C=O) groups excluding carboxylic acids is 2. The van der Waals surface area contributed by atoms with Gasteiger partial charge in [-0.05, 0) is 70.5 Å². The van der Waals surface area contributed by atoms with Crippen LogP contribution >= 0.6 is 0 Å². The van der Waals surface area contributed by atoms with E-state index in [1.54, 1.807) is 30.3 Å². The number of amides is 2. The first-order valence-electron chi connectivity index (χ1n) is 22.0. The maximum Gasteiger partial charge on any atom is 0.426 e. The van der Waals surface area contributed by atoms with Gasteiger partial charge in [0.15, 0.2) is 5.58 Å². The number of nitrogens with one attached hydrogen (secondary N) is 4.